The predicted octanol–water partition coefficient (Wildman–Crippen LogP) is 3.26. The number of aromatic hydroxyl groups is 1. The molecule has 0 saturated heterocycles. The molecule has 0 aliphatic carbocycles. The Morgan fingerprint density at radius 1 is 1.11 bits per heavy atom. The second kappa shape index (κ2) is 6.91. The van der Waals surface area contributed by atoms with Gasteiger partial charge in [0.2, 0.25) is 0 Å². The molecule has 9 nitrogen and oxygen atoms in total. The van der Waals surface area contributed by atoms with Crippen molar-refractivity contribution in [3.8, 4) is 5.75 Å². The fourth-order valence-electron chi connectivity index (χ4n) is 2.84. The van der Waals surface area contributed by atoms with Crippen molar-refractivity contribution in [1.29, 1.82) is 0 Å². The maximum Gasteiger partial charge on any atom is 0.295 e. The molecule has 0 atom stereocenters. The Hall–Kier alpha value is -3.50. The van der Waals surface area contributed by atoms with Crippen molar-refractivity contribution in [2.45, 2.75) is 11.8 Å². The zero-order chi connectivity index (χ0) is 20.6. The molecule has 3 N–H and O–H groups in total. The number of nitro groups is 1. The smallest absolute Gasteiger partial charge is 0.295 e. The fraction of sp³-hybridized carbons (Fsp3) is 0.0556. The fourth-order valence-corrected chi connectivity index (χ4v) is 3.55. The molecule has 3 rings (SSSR count). The normalized spacial score (nSPS) is 11.4. The minimum Gasteiger partial charge on any atom is -0.506 e. The number of carbonyl (C=O) groups is 1. The number of nitro benzene ring substituents is 1. The van der Waals surface area contributed by atoms with Gasteiger partial charge in [-0.15, -0.1) is 0 Å². The largest absolute Gasteiger partial charge is 0.506 e. The number of fused-ring (bicyclic) bond motifs is 1. The highest BCUT2D eigenvalue weighted by atomic mass is 32.2. The molecule has 3 aromatic carbocycles. The number of carbonyl (C=O) groups excluding carboxylic acids is 1. The number of nitrogens with one attached hydrogen (secondary N) is 1. The third-order valence-electron chi connectivity index (χ3n) is 4.10. The highest BCUT2D eigenvalue weighted by Gasteiger charge is 2.24. The van der Waals surface area contributed by atoms with Gasteiger partial charge in [-0.3, -0.25) is 19.5 Å². The topological polar surface area (TPSA) is 147 Å². The highest BCUT2D eigenvalue weighted by molar-refractivity contribution is 7.86. The van der Waals surface area contributed by atoms with Crippen molar-refractivity contribution >= 4 is 38.2 Å². The molecule has 144 valence electrons. The summed E-state index contributed by atoms with van der Waals surface area (Å²) in [6, 6.07) is 10.7. The lowest BCUT2D eigenvalue weighted by Gasteiger charge is -2.13. The lowest BCUT2D eigenvalue weighted by Crippen LogP contribution is -2.15. The van der Waals surface area contributed by atoms with Crippen LogP contribution in [0.5, 0.6) is 5.75 Å². The minimum atomic E-state index is -4.63. The lowest BCUT2D eigenvalue weighted by molar-refractivity contribution is -0.385. The summed E-state index contributed by atoms with van der Waals surface area (Å²) in [5.41, 5.74) is -0.175. The van der Waals surface area contributed by atoms with Gasteiger partial charge < -0.3 is 10.4 Å². The molecule has 0 saturated carbocycles. The van der Waals surface area contributed by atoms with E-state index in [1.807, 2.05) is 0 Å². The van der Waals surface area contributed by atoms with Gasteiger partial charge in [0.05, 0.1) is 10.6 Å². The minimum absolute atomic E-state index is 0.0662. The van der Waals surface area contributed by atoms with Crippen molar-refractivity contribution in [2.75, 3.05) is 5.32 Å². The van der Waals surface area contributed by atoms with Crippen molar-refractivity contribution in [1.82, 2.24) is 0 Å². The molecular formula is C18H14N2O7S. The number of phenols is 1. The Labute approximate surface area is 159 Å². The number of phenolic OH excluding ortho intramolecular Hbond substituents is 1. The summed E-state index contributed by atoms with van der Waals surface area (Å²) in [5.74, 6) is -1.47. The van der Waals surface area contributed by atoms with E-state index in [2.05, 4.69) is 5.32 Å². The Bertz CT molecular complexity index is 1240. The number of nitrogens with zero attached hydrogens (tertiary/aromatic N) is 1. The van der Waals surface area contributed by atoms with E-state index in [4.69, 9.17) is 0 Å². The molecule has 28 heavy (non-hydrogen) atoms. The molecule has 0 spiro atoms. The molecule has 0 aromatic heterocycles. The third kappa shape index (κ3) is 3.50. The molecule has 0 radical (unpaired) electrons. The number of anilines is 1. The van der Waals surface area contributed by atoms with Crippen LogP contribution in [0.1, 0.15) is 15.9 Å². The van der Waals surface area contributed by atoms with Crippen LogP contribution in [0.4, 0.5) is 11.4 Å². The van der Waals surface area contributed by atoms with Crippen LogP contribution in [0.2, 0.25) is 0 Å². The van der Waals surface area contributed by atoms with Crippen molar-refractivity contribution in [3.63, 3.8) is 0 Å². The molecule has 0 bridgehead atoms. The van der Waals surface area contributed by atoms with Gasteiger partial charge in [-0.2, -0.15) is 8.42 Å². The van der Waals surface area contributed by atoms with E-state index in [1.165, 1.54) is 36.4 Å². The second-order valence-electron chi connectivity index (χ2n) is 6.02. The van der Waals surface area contributed by atoms with Crippen molar-refractivity contribution in [2.24, 2.45) is 0 Å². The summed E-state index contributed by atoms with van der Waals surface area (Å²) in [6.45, 7) is 1.64. The molecule has 0 aliphatic heterocycles. The van der Waals surface area contributed by atoms with Crippen LogP contribution >= 0.6 is 0 Å². The Balaban J connectivity index is 2.16. The Morgan fingerprint density at radius 2 is 1.75 bits per heavy atom. The summed E-state index contributed by atoms with van der Waals surface area (Å²) in [5, 5.41) is 24.1. The zero-order valence-corrected chi connectivity index (χ0v) is 15.2. The summed E-state index contributed by atoms with van der Waals surface area (Å²) in [6.07, 6.45) is 0. The third-order valence-corrected chi connectivity index (χ3v) is 4.99. The van der Waals surface area contributed by atoms with Crippen LogP contribution in [0.3, 0.4) is 0 Å². The number of hydrogen-bond acceptors (Lipinski definition) is 6. The SMILES string of the molecule is Cc1ccc(C(=O)Nc2c(O)cc(S(=O)(=O)O)c3ccccc23)c([N+](=O)[O-])c1. The monoisotopic (exact) mass is 402 g/mol. The molecule has 0 unspecified atom stereocenters. The first-order chi connectivity index (χ1) is 13.1. The van der Waals surface area contributed by atoms with Gasteiger partial charge in [-0.1, -0.05) is 30.3 Å². The average molecular weight is 402 g/mol. The molecule has 0 heterocycles. The molecule has 0 fully saturated rings. The first-order valence-electron chi connectivity index (χ1n) is 7.88. The molecule has 0 aliphatic rings. The number of hydrogen-bond donors (Lipinski definition) is 3. The number of benzene rings is 3. The second-order valence-corrected chi connectivity index (χ2v) is 7.41. The van der Waals surface area contributed by atoms with E-state index >= 15 is 0 Å². The van der Waals surface area contributed by atoms with E-state index < -0.39 is 37.3 Å². The first-order valence-corrected chi connectivity index (χ1v) is 9.32. The Kier molecular flexibility index (Phi) is 4.75. The molecule has 3 aromatic rings. The van der Waals surface area contributed by atoms with E-state index in [9.17, 15) is 33.0 Å². The zero-order valence-electron chi connectivity index (χ0n) is 14.4. The number of aryl methyl sites for hydroxylation is 1. The van der Waals surface area contributed by atoms with E-state index in [-0.39, 0.29) is 22.0 Å². The molecule has 10 heteroatoms. The molecular weight excluding hydrogens is 388 g/mol. The van der Waals surface area contributed by atoms with Gasteiger partial charge in [0.25, 0.3) is 21.7 Å². The van der Waals surface area contributed by atoms with E-state index in [0.29, 0.717) is 5.56 Å². The maximum absolute atomic E-state index is 12.6. The highest BCUT2D eigenvalue weighted by Crippen LogP contribution is 2.37. The number of amides is 1. The van der Waals surface area contributed by atoms with Crippen LogP contribution in [-0.4, -0.2) is 28.9 Å². The van der Waals surface area contributed by atoms with Crippen LogP contribution < -0.4 is 5.32 Å². The van der Waals surface area contributed by atoms with Crippen molar-refractivity contribution < 1.29 is 27.8 Å². The summed E-state index contributed by atoms with van der Waals surface area (Å²) >= 11 is 0. The average Bonchev–Trinajstić information content (AvgIpc) is 2.62. The van der Waals surface area contributed by atoms with Gasteiger partial charge in [-0.25, -0.2) is 0 Å². The van der Waals surface area contributed by atoms with Crippen molar-refractivity contribution in [3.05, 3.63) is 69.8 Å². The lowest BCUT2D eigenvalue weighted by atomic mass is 10.1. The predicted molar refractivity (Wildman–Crippen MR) is 101 cm³/mol. The van der Waals surface area contributed by atoms with Crippen LogP contribution in [0.15, 0.2) is 53.4 Å². The summed E-state index contributed by atoms with van der Waals surface area (Å²) in [4.78, 5) is 22.7. The van der Waals surface area contributed by atoms with E-state index in [0.717, 1.165) is 6.07 Å². The number of rotatable bonds is 4. The van der Waals surface area contributed by atoms with Gasteiger partial charge in [0.1, 0.15) is 16.2 Å². The summed E-state index contributed by atoms with van der Waals surface area (Å²) < 4.78 is 32.6. The summed E-state index contributed by atoms with van der Waals surface area (Å²) in [7, 11) is -4.63. The Morgan fingerprint density at radius 3 is 2.36 bits per heavy atom. The van der Waals surface area contributed by atoms with E-state index in [1.54, 1.807) is 13.0 Å². The quantitative estimate of drug-likeness (QED) is 0.263. The maximum atomic E-state index is 12.6. The van der Waals surface area contributed by atoms with Gasteiger partial charge in [0, 0.05) is 22.9 Å². The standard InChI is InChI=1S/C18H14N2O7S/c1-10-6-7-13(14(8-10)20(23)24)18(22)19-17-12-5-3-2-4-11(12)16(9-15(17)21)28(25,26)27/h2-9,21H,1H3,(H,19,22)(H,25,26,27). The van der Waals surface area contributed by atoms with Crippen LogP contribution in [-0.2, 0) is 10.1 Å². The van der Waals surface area contributed by atoms with Crippen LogP contribution in [0, 0.1) is 17.0 Å². The van der Waals surface area contributed by atoms with Crippen LogP contribution in [0.25, 0.3) is 10.8 Å². The molecule has 1 amide bonds. The van der Waals surface area contributed by atoms with Gasteiger partial charge in [-0.05, 0) is 18.6 Å². The first kappa shape index (κ1) is 19.3. The van der Waals surface area contributed by atoms with Gasteiger partial charge in [0.15, 0.2) is 0 Å². The van der Waals surface area contributed by atoms with Gasteiger partial charge >= 0.3 is 0 Å².